The lowest BCUT2D eigenvalue weighted by Crippen LogP contribution is -2.45. The standard InChI is InChI=1S/C16H24BrFN2.ClH/c1-3-4-5-15(20-8-6-19-7-9-20)14-11-13(17)10-12(2)16(14)18;/h10-11,15,19H,3-9H2,1-2H3;1H/t15-;/m1./s1. The van der Waals surface area contributed by atoms with Gasteiger partial charge >= 0.3 is 0 Å². The molecule has 1 aliphatic rings. The Morgan fingerprint density at radius 2 is 2.00 bits per heavy atom. The molecule has 21 heavy (non-hydrogen) atoms. The van der Waals surface area contributed by atoms with Crippen LogP contribution < -0.4 is 5.32 Å². The van der Waals surface area contributed by atoms with E-state index in [1.54, 1.807) is 0 Å². The maximum atomic E-state index is 14.6. The van der Waals surface area contributed by atoms with Crippen LogP contribution in [0.15, 0.2) is 16.6 Å². The summed E-state index contributed by atoms with van der Waals surface area (Å²) in [5.41, 5.74) is 1.58. The van der Waals surface area contributed by atoms with E-state index in [0.29, 0.717) is 0 Å². The molecule has 1 heterocycles. The summed E-state index contributed by atoms with van der Waals surface area (Å²) >= 11 is 3.51. The summed E-state index contributed by atoms with van der Waals surface area (Å²) < 4.78 is 15.5. The Hall–Kier alpha value is -0.160. The highest BCUT2D eigenvalue weighted by Gasteiger charge is 2.25. The second-order valence-electron chi connectivity index (χ2n) is 5.57. The van der Waals surface area contributed by atoms with Crippen LogP contribution in [0.1, 0.15) is 43.4 Å². The average Bonchev–Trinajstić information content (AvgIpc) is 2.45. The van der Waals surface area contributed by atoms with Gasteiger partial charge in [-0.3, -0.25) is 4.90 Å². The normalized spacial score (nSPS) is 17.3. The van der Waals surface area contributed by atoms with Gasteiger partial charge in [-0.2, -0.15) is 0 Å². The Balaban J connectivity index is 0.00000220. The van der Waals surface area contributed by atoms with E-state index in [1.165, 1.54) is 0 Å². The van der Waals surface area contributed by atoms with Gasteiger partial charge in [-0.1, -0.05) is 35.7 Å². The van der Waals surface area contributed by atoms with Crippen molar-refractivity contribution in [2.75, 3.05) is 26.2 Å². The third-order valence-electron chi connectivity index (χ3n) is 4.03. The van der Waals surface area contributed by atoms with Gasteiger partial charge in [0.05, 0.1) is 0 Å². The van der Waals surface area contributed by atoms with E-state index in [2.05, 4.69) is 33.1 Å². The van der Waals surface area contributed by atoms with Crippen LogP contribution in [0.5, 0.6) is 0 Å². The number of nitrogens with one attached hydrogen (secondary N) is 1. The van der Waals surface area contributed by atoms with Crippen molar-refractivity contribution in [2.45, 2.75) is 39.2 Å². The smallest absolute Gasteiger partial charge is 0.130 e. The molecule has 1 aromatic rings. The SMILES string of the molecule is CCCC[C@H](c1cc(Br)cc(C)c1F)N1CCNCC1.Cl. The fraction of sp³-hybridized carbons (Fsp3) is 0.625. The molecule has 0 amide bonds. The predicted octanol–water partition coefficient (Wildman–Crippen LogP) is 4.45. The molecule has 1 N–H and O–H groups in total. The molecule has 5 heteroatoms. The van der Waals surface area contributed by atoms with Gasteiger partial charge in [0.15, 0.2) is 0 Å². The summed E-state index contributed by atoms with van der Waals surface area (Å²) in [7, 11) is 0. The summed E-state index contributed by atoms with van der Waals surface area (Å²) in [6.45, 7) is 8.03. The first-order valence-corrected chi connectivity index (χ1v) is 8.33. The minimum atomic E-state index is -0.0344. The van der Waals surface area contributed by atoms with Crippen LogP contribution in [0.2, 0.25) is 0 Å². The van der Waals surface area contributed by atoms with Gasteiger partial charge in [0.2, 0.25) is 0 Å². The molecule has 2 rings (SSSR count). The van der Waals surface area contributed by atoms with Crippen molar-refractivity contribution < 1.29 is 4.39 Å². The van der Waals surface area contributed by atoms with Crippen molar-refractivity contribution in [3.8, 4) is 0 Å². The summed E-state index contributed by atoms with van der Waals surface area (Å²) in [4.78, 5) is 2.43. The van der Waals surface area contributed by atoms with E-state index >= 15 is 0 Å². The van der Waals surface area contributed by atoms with E-state index in [4.69, 9.17) is 0 Å². The van der Waals surface area contributed by atoms with Gasteiger partial charge < -0.3 is 5.32 Å². The van der Waals surface area contributed by atoms with Crippen LogP contribution in [-0.4, -0.2) is 31.1 Å². The molecule has 0 unspecified atom stereocenters. The third-order valence-corrected chi connectivity index (χ3v) is 4.49. The molecule has 1 fully saturated rings. The number of piperazine rings is 1. The Morgan fingerprint density at radius 1 is 1.33 bits per heavy atom. The molecule has 0 spiro atoms. The van der Waals surface area contributed by atoms with E-state index in [-0.39, 0.29) is 24.3 Å². The van der Waals surface area contributed by atoms with Crippen LogP contribution in [0, 0.1) is 12.7 Å². The molecule has 1 aromatic carbocycles. The van der Waals surface area contributed by atoms with Crippen molar-refractivity contribution in [1.82, 2.24) is 10.2 Å². The quantitative estimate of drug-likeness (QED) is 0.813. The third kappa shape index (κ3) is 4.92. The van der Waals surface area contributed by atoms with Crippen LogP contribution >= 0.6 is 28.3 Å². The number of halogens is 3. The molecule has 120 valence electrons. The first-order chi connectivity index (χ1) is 9.63. The lowest BCUT2D eigenvalue weighted by Gasteiger charge is -2.35. The first-order valence-electron chi connectivity index (χ1n) is 7.53. The van der Waals surface area contributed by atoms with Crippen molar-refractivity contribution in [2.24, 2.45) is 0 Å². The first kappa shape index (κ1) is 18.9. The van der Waals surface area contributed by atoms with Crippen LogP contribution in [0.3, 0.4) is 0 Å². The van der Waals surface area contributed by atoms with Gasteiger partial charge in [-0.25, -0.2) is 4.39 Å². The minimum Gasteiger partial charge on any atom is -0.314 e. The van der Waals surface area contributed by atoms with Crippen molar-refractivity contribution in [1.29, 1.82) is 0 Å². The zero-order chi connectivity index (χ0) is 14.5. The number of hydrogen-bond acceptors (Lipinski definition) is 2. The highest BCUT2D eigenvalue weighted by Crippen LogP contribution is 2.32. The maximum Gasteiger partial charge on any atom is 0.130 e. The highest BCUT2D eigenvalue weighted by atomic mass is 79.9. The number of nitrogens with zero attached hydrogens (tertiary/aromatic N) is 1. The molecule has 0 saturated carbocycles. The van der Waals surface area contributed by atoms with Crippen molar-refractivity contribution >= 4 is 28.3 Å². The Labute approximate surface area is 142 Å². The minimum absolute atomic E-state index is 0. The lowest BCUT2D eigenvalue weighted by molar-refractivity contribution is 0.160. The largest absolute Gasteiger partial charge is 0.314 e. The van der Waals surface area contributed by atoms with Crippen LogP contribution in [-0.2, 0) is 0 Å². The fourth-order valence-corrected chi connectivity index (χ4v) is 3.51. The molecule has 1 aliphatic heterocycles. The van der Waals surface area contributed by atoms with Gasteiger partial charge in [-0.15, -0.1) is 12.4 Å². The van der Waals surface area contributed by atoms with Crippen LogP contribution in [0.4, 0.5) is 4.39 Å². The molecule has 0 radical (unpaired) electrons. The number of unbranched alkanes of at least 4 members (excludes halogenated alkanes) is 1. The van der Waals surface area contributed by atoms with E-state index in [9.17, 15) is 4.39 Å². The van der Waals surface area contributed by atoms with Gasteiger partial charge in [-0.05, 0) is 31.0 Å². The van der Waals surface area contributed by atoms with Gasteiger partial charge in [0.25, 0.3) is 0 Å². The monoisotopic (exact) mass is 378 g/mol. The highest BCUT2D eigenvalue weighted by molar-refractivity contribution is 9.10. The Kier molecular flexibility index (Phi) is 8.17. The zero-order valence-electron chi connectivity index (χ0n) is 12.8. The second kappa shape index (κ2) is 9.09. The fourth-order valence-electron chi connectivity index (χ4n) is 2.92. The Bertz CT molecular complexity index is 450. The molecular formula is C16H25BrClFN2. The van der Waals surface area contributed by atoms with E-state index < -0.39 is 0 Å². The molecule has 1 saturated heterocycles. The summed E-state index contributed by atoms with van der Waals surface area (Å²) in [6, 6.07) is 4.02. The molecule has 0 bridgehead atoms. The summed E-state index contributed by atoms with van der Waals surface area (Å²) in [6.07, 6.45) is 3.32. The topological polar surface area (TPSA) is 15.3 Å². The second-order valence-corrected chi connectivity index (χ2v) is 6.49. The molecular weight excluding hydrogens is 355 g/mol. The maximum absolute atomic E-state index is 14.6. The zero-order valence-corrected chi connectivity index (χ0v) is 15.2. The lowest BCUT2D eigenvalue weighted by atomic mass is 9.96. The average molecular weight is 380 g/mol. The molecule has 0 aliphatic carbocycles. The number of hydrogen-bond donors (Lipinski definition) is 1. The van der Waals surface area contributed by atoms with Crippen molar-refractivity contribution in [3.05, 3.63) is 33.5 Å². The number of aryl methyl sites for hydroxylation is 1. The summed E-state index contributed by atoms with van der Waals surface area (Å²) in [5, 5.41) is 3.37. The molecule has 0 aromatic heterocycles. The van der Waals surface area contributed by atoms with E-state index in [1.807, 2.05) is 19.1 Å². The summed E-state index contributed by atoms with van der Waals surface area (Å²) in [5.74, 6) is -0.0344. The van der Waals surface area contributed by atoms with Crippen molar-refractivity contribution in [3.63, 3.8) is 0 Å². The van der Waals surface area contributed by atoms with Gasteiger partial charge in [0, 0.05) is 42.3 Å². The van der Waals surface area contributed by atoms with E-state index in [0.717, 1.165) is 61.0 Å². The van der Waals surface area contributed by atoms with Crippen LogP contribution in [0.25, 0.3) is 0 Å². The molecule has 1 atom stereocenters. The van der Waals surface area contributed by atoms with Gasteiger partial charge in [0.1, 0.15) is 5.82 Å². The number of rotatable bonds is 5. The number of benzene rings is 1. The Morgan fingerprint density at radius 3 is 2.62 bits per heavy atom. The molecule has 2 nitrogen and oxygen atoms in total. The predicted molar refractivity (Wildman–Crippen MR) is 92.8 cm³/mol.